The number of aryl methyl sites for hydroxylation is 1. The lowest BCUT2D eigenvalue weighted by Crippen LogP contribution is -1.90. The van der Waals surface area contributed by atoms with Crippen molar-refractivity contribution in [1.29, 1.82) is 0 Å². The van der Waals surface area contributed by atoms with Gasteiger partial charge in [-0.25, -0.2) is 0 Å². The largest absolute Gasteiger partial charge is 0.358 e. The smallest absolute Gasteiger partial charge is 0.0462 e. The van der Waals surface area contributed by atoms with Crippen molar-refractivity contribution in [2.75, 3.05) is 0 Å². The molecule has 1 aliphatic rings. The first kappa shape index (κ1) is 10.0. The van der Waals surface area contributed by atoms with Crippen LogP contribution in [0.1, 0.15) is 31.5 Å². The van der Waals surface area contributed by atoms with E-state index in [1.807, 2.05) is 13.8 Å². The summed E-state index contributed by atoms with van der Waals surface area (Å²) in [6, 6.07) is 8.49. The molecule has 0 unspecified atom stereocenters. The molecule has 0 saturated carbocycles. The summed E-state index contributed by atoms with van der Waals surface area (Å²) in [5.41, 5.74) is 4.05. The van der Waals surface area contributed by atoms with Gasteiger partial charge in [-0.1, -0.05) is 44.2 Å². The molecule has 1 heteroatoms. The van der Waals surface area contributed by atoms with Crippen molar-refractivity contribution in [2.24, 2.45) is 0 Å². The van der Waals surface area contributed by atoms with Crippen molar-refractivity contribution in [3.8, 4) is 0 Å². The number of fused-ring (bicyclic) bond motifs is 3. The molecule has 0 bridgehead atoms. The Morgan fingerprint density at radius 2 is 1.93 bits per heavy atom. The van der Waals surface area contributed by atoms with Crippen LogP contribution < -0.4 is 0 Å². The fourth-order valence-electron chi connectivity index (χ4n) is 2.04. The number of rotatable bonds is 0. The molecule has 1 nitrogen and oxygen atoms in total. The zero-order valence-corrected chi connectivity index (χ0v) is 9.38. The van der Waals surface area contributed by atoms with E-state index in [1.165, 1.54) is 28.6 Å². The number of allylic oxidation sites excluding steroid dienone is 1. The average molecular weight is 199 g/mol. The third kappa shape index (κ3) is 1.70. The van der Waals surface area contributed by atoms with Crippen LogP contribution in [0.4, 0.5) is 0 Å². The van der Waals surface area contributed by atoms with Crippen LogP contribution in [0.2, 0.25) is 0 Å². The Morgan fingerprint density at radius 3 is 2.80 bits per heavy atom. The third-order valence-corrected chi connectivity index (χ3v) is 2.67. The second-order valence-electron chi connectivity index (χ2n) is 3.50. The van der Waals surface area contributed by atoms with Crippen LogP contribution >= 0.6 is 0 Å². The molecular formula is C14H17N. The van der Waals surface area contributed by atoms with E-state index in [1.54, 1.807) is 0 Å². The molecule has 1 heterocycles. The maximum Gasteiger partial charge on any atom is 0.0462 e. The van der Waals surface area contributed by atoms with E-state index >= 15 is 0 Å². The van der Waals surface area contributed by atoms with Gasteiger partial charge in [0.25, 0.3) is 0 Å². The van der Waals surface area contributed by atoms with Gasteiger partial charge < -0.3 is 4.98 Å². The Bertz CT molecular complexity index is 477. The number of para-hydroxylation sites is 1. The molecule has 1 aromatic carbocycles. The summed E-state index contributed by atoms with van der Waals surface area (Å²) in [5, 5.41) is 1.36. The molecule has 0 aliphatic heterocycles. The highest BCUT2D eigenvalue weighted by molar-refractivity contribution is 5.90. The maximum absolute atomic E-state index is 3.46. The lowest BCUT2D eigenvalue weighted by atomic mass is 10.0. The zero-order chi connectivity index (χ0) is 10.7. The molecular weight excluding hydrogens is 182 g/mol. The van der Waals surface area contributed by atoms with Gasteiger partial charge in [0.05, 0.1) is 0 Å². The Hall–Kier alpha value is -1.50. The minimum absolute atomic E-state index is 1.15. The number of benzene rings is 1. The van der Waals surface area contributed by atoms with Gasteiger partial charge in [-0.2, -0.15) is 0 Å². The van der Waals surface area contributed by atoms with E-state index in [4.69, 9.17) is 0 Å². The summed E-state index contributed by atoms with van der Waals surface area (Å²) >= 11 is 0. The van der Waals surface area contributed by atoms with Crippen LogP contribution in [0.25, 0.3) is 17.0 Å². The number of aromatic nitrogens is 1. The van der Waals surface area contributed by atoms with Gasteiger partial charge in [-0.05, 0) is 18.9 Å². The fourth-order valence-corrected chi connectivity index (χ4v) is 2.04. The Labute approximate surface area is 90.8 Å². The normalized spacial score (nSPS) is 13.2. The standard InChI is InChI=1S/C12H11N.C2H6/c1-3-7-11-9(5-1)10-6-2-4-8-12(10)13-11;1-2/h1-3,5-7,13H,4,8H2;1-2H3. The highest BCUT2D eigenvalue weighted by atomic mass is 14.7. The first-order valence-corrected chi connectivity index (χ1v) is 5.71. The van der Waals surface area contributed by atoms with Crippen LogP contribution in [-0.4, -0.2) is 4.98 Å². The summed E-state index contributed by atoms with van der Waals surface area (Å²) < 4.78 is 0. The quantitative estimate of drug-likeness (QED) is 0.656. The van der Waals surface area contributed by atoms with Gasteiger partial charge >= 0.3 is 0 Å². The average Bonchev–Trinajstić information content (AvgIpc) is 2.70. The molecule has 0 fully saturated rings. The van der Waals surface area contributed by atoms with Crippen molar-refractivity contribution in [1.82, 2.24) is 4.98 Å². The van der Waals surface area contributed by atoms with Gasteiger partial charge in [0.2, 0.25) is 0 Å². The number of nitrogens with one attached hydrogen (secondary N) is 1. The summed E-state index contributed by atoms with van der Waals surface area (Å²) in [5.74, 6) is 0. The summed E-state index contributed by atoms with van der Waals surface area (Å²) in [7, 11) is 0. The molecule has 0 atom stereocenters. The molecule has 78 valence electrons. The Balaban J connectivity index is 0.000000404. The second kappa shape index (κ2) is 4.35. The number of aromatic amines is 1. The molecule has 15 heavy (non-hydrogen) atoms. The summed E-state index contributed by atoms with van der Waals surface area (Å²) in [6.07, 6.45) is 6.81. The van der Waals surface area contributed by atoms with Gasteiger partial charge in [-0.15, -0.1) is 0 Å². The van der Waals surface area contributed by atoms with Crippen LogP contribution in [0.3, 0.4) is 0 Å². The highest BCUT2D eigenvalue weighted by Gasteiger charge is 2.09. The molecule has 1 aliphatic carbocycles. The van der Waals surface area contributed by atoms with Crippen molar-refractivity contribution in [3.05, 3.63) is 41.6 Å². The predicted octanol–water partition coefficient (Wildman–Crippen LogP) is 4.15. The SMILES string of the molecule is C1=Cc2c([nH]c3ccccc23)CC1.CC. The minimum Gasteiger partial charge on any atom is -0.358 e. The van der Waals surface area contributed by atoms with Gasteiger partial charge in [0.15, 0.2) is 0 Å². The monoisotopic (exact) mass is 199 g/mol. The van der Waals surface area contributed by atoms with E-state index in [-0.39, 0.29) is 0 Å². The van der Waals surface area contributed by atoms with Crippen molar-refractivity contribution < 1.29 is 0 Å². The lowest BCUT2D eigenvalue weighted by Gasteiger charge is -2.03. The van der Waals surface area contributed by atoms with Crippen molar-refractivity contribution in [2.45, 2.75) is 26.7 Å². The lowest BCUT2D eigenvalue weighted by molar-refractivity contribution is 0.951. The van der Waals surface area contributed by atoms with Crippen LogP contribution in [0.5, 0.6) is 0 Å². The Kier molecular flexibility index (Phi) is 2.91. The molecule has 0 radical (unpaired) electrons. The summed E-state index contributed by atoms with van der Waals surface area (Å²) in [4.78, 5) is 3.46. The molecule has 1 aromatic heterocycles. The van der Waals surface area contributed by atoms with Crippen LogP contribution in [0, 0.1) is 0 Å². The van der Waals surface area contributed by atoms with Crippen LogP contribution in [-0.2, 0) is 6.42 Å². The van der Waals surface area contributed by atoms with Gasteiger partial charge in [0.1, 0.15) is 0 Å². The van der Waals surface area contributed by atoms with Gasteiger partial charge in [-0.3, -0.25) is 0 Å². The van der Waals surface area contributed by atoms with E-state index in [0.29, 0.717) is 0 Å². The zero-order valence-electron chi connectivity index (χ0n) is 9.38. The molecule has 1 N–H and O–H groups in total. The first-order valence-electron chi connectivity index (χ1n) is 5.71. The highest BCUT2D eigenvalue weighted by Crippen LogP contribution is 2.27. The molecule has 0 amide bonds. The predicted molar refractivity (Wildman–Crippen MR) is 67.0 cm³/mol. The topological polar surface area (TPSA) is 15.8 Å². The number of hydrogen-bond donors (Lipinski definition) is 1. The maximum atomic E-state index is 3.46. The molecule has 0 saturated heterocycles. The molecule has 2 aromatic rings. The van der Waals surface area contributed by atoms with Crippen molar-refractivity contribution in [3.63, 3.8) is 0 Å². The summed E-state index contributed by atoms with van der Waals surface area (Å²) in [6.45, 7) is 4.00. The number of H-pyrrole nitrogens is 1. The Morgan fingerprint density at radius 1 is 1.13 bits per heavy atom. The molecule has 3 rings (SSSR count). The first-order chi connectivity index (χ1) is 7.45. The van der Waals surface area contributed by atoms with Crippen LogP contribution in [0.15, 0.2) is 30.3 Å². The van der Waals surface area contributed by atoms with Crippen molar-refractivity contribution >= 4 is 17.0 Å². The second-order valence-corrected chi connectivity index (χ2v) is 3.50. The van der Waals surface area contributed by atoms with E-state index < -0.39 is 0 Å². The van der Waals surface area contributed by atoms with Gasteiger partial charge in [0, 0.05) is 22.2 Å². The van der Waals surface area contributed by atoms with E-state index in [9.17, 15) is 0 Å². The third-order valence-electron chi connectivity index (χ3n) is 2.67. The number of hydrogen-bond acceptors (Lipinski definition) is 0. The molecule has 0 spiro atoms. The van der Waals surface area contributed by atoms with E-state index in [0.717, 1.165) is 6.42 Å². The fraction of sp³-hybridized carbons (Fsp3) is 0.286. The van der Waals surface area contributed by atoms with E-state index in [2.05, 4.69) is 41.4 Å². The minimum atomic E-state index is 1.15.